The van der Waals surface area contributed by atoms with Gasteiger partial charge in [-0.15, -0.1) is 0 Å². The number of hydrogen-bond donors (Lipinski definition) is 3. The van der Waals surface area contributed by atoms with Crippen molar-refractivity contribution in [2.45, 2.75) is 12.8 Å². The molecular weight excluding hydrogens is 424 g/mol. The number of aromatic nitrogens is 3. The van der Waals surface area contributed by atoms with Gasteiger partial charge in [-0.2, -0.15) is 0 Å². The number of nitrogens with zero attached hydrogens (tertiary/aromatic N) is 3. The molecule has 32 heavy (non-hydrogen) atoms. The zero-order chi connectivity index (χ0) is 22.1. The molecule has 1 aliphatic rings. The average Bonchev–Trinajstić information content (AvgIpc) is 3.64. The molecule has 4 aromatic rings. The molecule has 8 heteroatoms. The molecule has 5 rings (SSSR count). The molecule has 0 spiro atoms. The lowest BCUT2D eigenvalue weighted by Crippen LogP contribution is -2.31. The molecule has 1 fully saturated rings. The van der Waals surface area contributed by atoms with Crippen LogP contribution in [0, 0.1) is 5.92 Å². The Morgan fingerprint density at radius 3 is 2.59 bits per heavy atom. The van der Waals surface area contributed by atoms with Crippen molar-refractivity contribution in [3.63, 3.8) is 0 Å². The number of urea groups is 1. The van der Waals surface area contributed by atoms with E-state index in [1.807, 2.05) is 48.5 Å². The third-order valence-corrected chi connectivity index (χ3v) is 5.67. The summed E-state index contributed by atoms with van der Waals surface area (Å²) in [5.41, 5.74) is 9.68. The number of pyridine rings is 1. The predicted octanol–water partition coefficient (Wildman–Crippen LogP) is 5.13. The van der Waals surface area contributed by atoms with Crippen LogP contribution in [-0.4, -0.2) is 27.5 Å². The quantitative estimate of drug-likeness (QED) is 0.396. The highest BCUT2D eigenvalue weighted by Crippen LogP contribution is 2.35. The molecule has 7 nitrogen and oxygen atoms in total. The fourth-order valence-electron chi connectivity index (χ4n) is 3.53. The Balaban J connectivity index is 1.60. The summed E-state index contributed by atoms with van der Waals surface area (Å²) in [6.45, 7) is 0.640. The second kappa shape index (κ2) is 8.43. The monoisotopic (exact) mass is 444 g/mol. The van der Waals surface area contributed by atoms with E-state index < -0.39 is 0 Å². The number of amides is 2. The van der Waals surface area contributed by atoms with Crippen molar-refractivity contribution in [1.29, 1.82) is 0 Å². The zero-order valence-electron chi connectivity index (χ0n) is 17.2. The van der Waals surface area contributed by atoms with Gasteiger partial charge in [0, 0.05) is 29.3 Å². The second-order valence-electron chi connectivity index (χ2n) is 7.83. The summed E-state index contributed by atoms with van der Waals surface area (Å²) in [7, 11) is 0. The number of rotatable bonds is 5. The normalized spacial score (nSPS) is 13.2. The molecule has 4 N–H and O–H groups in total. The number of fused-ring (bicyclic) bond motifs is 1. The number of nitrogen functional groups attached to an aromatic ring is 1. The number of hydrogen-bond acceptors (Lipinski definition) is 5. The number of benzene rings is 2. The SMILES string of the molecule is Nc1nc(-c2ccccc2)c(-c2cc(Cl)c3ncccc3c2)nc1NC(=O)NCC1CC1. The molecule has 0 radical (unpaired) electrons. The van der Waals surface area contributed by atoms with Gasteiger partial charge >= 0.3 is 6.03 Å². The first-order valence-electron chi connectivity index (χ1n) is 10.4. The van der Waals surface area contributed by atoms with Gasteiger partial charge in [0.1, 0.15) is 0 Å². The Bertz CT molecular complexity index is 1310. The second-order valence-corrected chi connectivity index (χ2v) is 8.24. The molecule has 1 aliphatic carbocycles. The fraction of sp³-hybridized carbons (Fsp3) is 0.167. The van der Waals surface area contributed by atoms with Crippen LogP contribution in [0.2, 0.25) is 5.02 Å². The van der Waals surface area contributed by atoms with Crippen LogP contribution in [0.25, 0.3) is 33.4 Å². The highest BCUT2D eigenvalue weighted by Gasteiger charge is 2.22. The van der Waals surface area contributed by atoms with E-state index in [-0.39, 0.29) is 17.7 Å². The van der Waals surface area contributed by atoms with Crippen molar-refractivity contribution < 1.29 is 4.79 Å². The summed E-state index contributed by atoms with van der Waals surface area (Å²) < 4.78 is 0. The van der Waals surface area contributed by atoms with E-state index >= 15 is 0 Å². The van der Waals surface area contributed by atoms with E-state index in [0.29, 0.717) is 34.4 Å². The molecule has 0 atom stereocenters. The van der Waals surface area contributed by atoms with Crippen molar-refractivity contribution in [1.82, 2.24) is 20.3 Å². The third kappa shape index (κ3) is 4.20. The van der Waals surface area contributed by atoms with Gasteiger partial charge < -0.3 is 11.1 Å². The molecule has 2 amide bonds. The van der Waals surface area contributed by atoms with Crippen molar-refractivity contribution in [2.75, 3.05) is 17.6 Å². The number of nitrogens with two attached hydrogens (primary N) is 1. The fourth-order valence-corrected chi connectivity index (χ4v) is 3.81. The predicted molar refractivity (Wildman–Crippen MR) is 127 cm³/mol. The first-order chi connectivity index (χ1) is 15.6. The summed E-state index contributed by atoms with van der Waals surface area (Å²) in [6, 6.07) is 16.9. The molecule has 0 saturated heterocycles. The van der Waals surface area contributed by atoms with Crippen LogP contribution in [0.15, 0.2) is 60.8 Å². The van der Waals surface area contributed by atoms with Crippen LogP contribution < -0.4 is 16.4 Å². The van der Waals surface area contributed by atoms with Gasteiger partial charge in [-0.25, -0.2) is 14.8 Å². The lowest BCUT2D eigenvalue weighted by molar-refractivity contribution is 0.251. The smallest absolute Gasteiger partial charge is 0.320 e. The largest absolute Gasteiger partial charge is 0.381 e. The Kier molecular flexibility index (Phi) is 5.33. The molecule has 0 unspecified atom stereocenters. The summed E-state index contributed by atoms with van der Waals surface area (Å²) in [5, 5.41) is 6.98. The van der Waals surface area contributed by atoms with Gasteiger partial charge in [-0.3, -0.25) is 10.3 Å². The van der Waals surface area contributed by atoms with Crippen molar-refractivity contribution in [2.24, 2.45) is 5.92 Å². The molecule has 2 aromatic heterocycles. The van der Waals surface area contributed by atoms with Crippen LogP contribution >= 0.6 is 11.6 Å². The van der Waals surface area contributed by atoms with E-state index in [9.17, 15) is 4.79 Å². The van der Waals surface area contributed by atoms with E-state index in [2.05, 4.69) is 20.6 Å². The maximum atomic E-state index is 12.4. The molecule has 0 bridgehead atoms. The number of anilines is 2. The summed E-state index contributed by atoms with van der Waals surface area (Å²) in [6.07, 6.45) is 4.00. The minimum atomic E-state index is -0.350. The van der Waals surface area contributed by atoms with Gasteiger partial charge in [0.05, 0.1) is 21.9 Å². The lowest BCUT2D eigenvalue weighted by atomic mass is 10.0. The molecule has 1 saturated carbocycles. The maximum absolute atomic E-state index is 12.4. The van der Waals surface area contributed by atoms with Crippen molar-refractivity contribution >= 4 is 40.2 Å². The van der Waals surface area contributed by atoms with E-state index in [1.165, 1.54) is 0 Å². The molecular formula is C24H21ClN6O. The standard InChI is InChI=1S/C24H21ClN6O/c25-18-12-17(11-16-7-4-10-27-19(16)18)21-20(15-5-2-1-3-6-15)29-22(26)23(30-21)31-24(32)28-13-14-8-9-14/h1-7,10-12,14H,8-9,13H2,(H2,26,29)(H2,28,30,31,32). The minimum absolute atomic E-state index is 0.141. The maximum Gasteiger partial charge on any atom is 0.320 e. The molecule has 2 aromatic carbocycles. The number of nitrogens with one attached hydrogen (secondary N) is 2. The molecule has 2 heterocycles. The number of halogens is 1. The van der Waals surface area contributed by atoms with Gasteiger partial charge in [0.25, 0.3) is 0 Å². The topological polar surface area (TPSA) is 106 Å². The van der Waals surface area contributed by atoms with Crippen molar-refractivity contribution in [3.8, 4) is 22.5 Å². The summed E-state index contributed by atoms with van der Waals surface area (Å²) >= 11 is 6.53. The first-order valence-corrected chi connectivity index (χ1v) is 10.8. The van der Waals surface area contributed by atoms with Crippen LogP contribution in [-0.2, 0) is 0 Å². The minimum Gasteiger partial charge on any atom is -0.381 e. The van der Waals surface area contributed by atoms with E-state index in [0.717, 1.165) is 29.4 Å². The third-order valence-electron chi connectivity index (χ3n) is 5.38. The number of carbonyl (C=O) groups is 1. The molecule has 160 valence electrons. The average molecular weight is 445 g/mol. The van der Waals surface area contributed by atoms with Gasteiger partial charge in [0.2, 0.25) is 0 Å². The Hall–Kier alpha value is -3.71. The summed E-state index contributed by atoms with van der Waals surface area (Å²) in [5.74, 6) is 0.909. The Morgan fingerprint density at radius 1 is 1.03 bits per heavy atom. The van der Waals surface area contributed by atoms with Crippen molar-refractivity contribution in [3.05, 3.63) is 65.8 Å². The first kappa shape index (κ1) is 20.2. The zero-order valence-corrected chi connectivity index (χ0v) is 17.9. The highest BCUT2D eigenvalue weighted by molar-refractivity contribution is 6.35. The highest BCUT2D eigenvalue weighted by atomic mass is 35.5. The van der Waals surface area contributed by atoms with Crippen LogP contribution in [0.4, 0.5) is 16.4 Å². The van der Waals surface area contributed by atoms with E-state index in [1.54, 1.807) is 12.3 Å². The van der Waals surface area contributed by atoms with Crippen LogP contribution in [0.5, 0.6) is 0 Å². The van der Waals surface area contributed by atoms with Gasteiger partial charge in [0.15, 0.2) is 11.6 Å². The Morgan fingerprint density at radius 2 is 1.81 bits per heavy atom. The van der Waals surface area contributed by atoms with Crippen LogP contribution in [0.1, 0.15) is 12.8 Å². The summed E-state index contributed by atoms with van der Waals surface area (Å²) in [4.78, 5) is 26.0. The van der Waals surface area contributed by atoms with E-state index in [4.69, 9.17) is 22.3 Å². The van der Waals surface area contributed by atoms with Gasteiger partial charge in [-0.1, -0.05) is 48.0 Å². The number of carbonyl (C=O) groups excluding carboxylic acids is 1. The molecule has 0 aliphatic heterocycles. The van der Waals surface area contributed by atoms with Gasteiger partial charge in [-0.05, 0) is 37.0 Å². The van der Waals surface area contributed by atoms with Crippen LogP contribution in [0.3, 0.4) is 0 Å². The lowest BCUT2D eigenvalue weighted by Gasteiger charge is -2.15. The Labute approximate surface area is 190 Å².